The average Bonchev–Trinajstić information content (AvgIpc) is 2.56. The third kappa shape index (κ3) is 3.77. The fraction of sp³-hybridized carbons (Fsp3) is 0.533. The third-order valence-corrected chi connectivity index (χ3v) is 3.78. The lowest BCUT2D eigenvalue weighted by molar-refractivity contribution is 0.0691. The van der Waals surface area contributed by atoms with Gasteiger partial charge in [0.1, 0.15) is 5.82 Å². The summed E-state index contributed by atoms with van der Waals surface area (Å²) in [5.41, 5.74) is 0.633. The molecular weight excluding hydrogens is 245 g/mol. The van der Waals surface area contributed by atoms with Gasteiger partial charge in [-0.25, -0.2) is 9.18 Å². The van der Waals surface area contributed by atoms with E-state index in [0.29, 0.717) is 6.54 Å². The van der Waals surface area contributed by atoms with Crippen LogP contribution < -0.4 is 0 Å². The van der Waals surface area contributed by atoms with Crippen molar-refractivity contribution >= 4 is 5.97 Å². The Bertz CT molecular complexity index is 461. The second-order valence-electron chi connectivity index (χ2n) is 5.43. The van der Waals surface area contributed by atoms with Crippen LogP contribution in [-0.2, 0) is 6.54 Å². The highest BCUT2D eigenvalue weighted by Crippen LogP contribution is 2.19. The SMILES string of the molecule is CC1CCCN(Cc2ccc(F)c(C(=O)O)c2)CC1. The van der Waals surface area contributed by atoms with Crippen LogP contribution >= 0.6 is 0 Å². The summed E-state index contributed by atoms with van der Waals surface area (Å²) in [7, 11) is 0. The first-order valence-electron chi connectivity index (χ1n) is 6.80. The Hall–Kier alpha value is -1.42. The molecule has 0 radical (unpaired) electrons. The Morgan fingerprint density at radius 3 is 2.95 bits per heavy atom. The summed E-state index contributed by atoms with van der Waals surface area (Å²) < 4.78 is 13.3. The first-order chi connectivity index (χ1) is 9.06. The van der Waals surface area contributed by atoms with Crippen molar-refractivity contribution in [3.63, 3.8) is 0 Å². The lowest BCUT2D eigenvalue weighted by atomic mass is 10.0. The highest BCUT2D eigenvalue weighted by atomic mass is 19.1. The molecule has 1 heterocycles. The zero-order valence-electron chi connectivity index (χ0n) is 11.2. The molecule has 2 rings (SSSR count). The number of likely N-dealkylation sites (tertiary alicyclic amines) is 1. The molecule has 1 N–H and O–H groups in total. The number of rotatable bonds is 3. The van der Waals surface area contributed by atoms with E-state index < -0.39 is 11.8 Å². The van der Waals surface area contributed by atoms with Gasteiger partial charge < -0.3 is 5.11 Å². The van der Waals surface area contributed by atoms with E-state index in [9.17, 15) is 9.18 Å². The van der Waals surface area contributed by atoms with Gasteiger partial charge in [0.05, 0.1) is 5.56 Å². The lowest BCUT2D eigenvalue weighted by Gasteiger charge is -2.20. The molecule has 4 heteroatoms. The number of carboxylic acid groups (broad SMARTS) is 1. The Morgan fingerprint density at radius 1 is 1.42 bits per heavy atom. The number of halogens is 1. The van der Waals surface area contributed by atoms with Crippen molar-refractivity contribution in [1.29, 1.82) is 0 Å². The Kier molecular flexibility index (Phi) is 4.53. The second-order valence-corrected chi connectivity index (χ2v) is 5.43. The van der Waals surface area contributed by atoms with E-state index in [1.165, 1.54) is 31.4 Å². The van der Waals surface area contributed by atoms with Crippen LogP contribution in [0, 0.1) is 11.7 Å². The van der Waals surface area contributed by atoms with Crippen LogP contribution in [0.25, 0.3) is 0 Å². The topological polar surface area (TPSA) is 40.5 Å². The summed E-state index contributed by atoms with van der Waals surface area (Å²) >= 11 is 0. The molecule has 1 aliphatic rings. The number of carboxylic acids is 1. The maximum atomic E-state index is 13.3. The van der Waals surface area contributed by atoms with E-state index in [2.05, 4.69) is 11.8 Å². The van der Waals surface area contributed by atoms with Crippen molar-refractivity contribution < 1.29 is 14.3 Å². The largest absolute Gasteiger partial charge is 0.478 e. The van der Waals surface area contributed by atoms with Gasteiger partial charge in [0.2, 0.25) is 0 Å². The van der Waals surface area contributed by atoms with Gasteiger partial charge in [-0.05, 0) is 56.0 Å². The van der Waals surface area contributed by atoms with Gasteiger partial charge in [-0.15, -0.1) is 0 Å². The van der Waals surface area contributed by atoms with Crippen molar-refractivity contribution in [3.8, 4) is 0 Å². The Balaban J connectivity index is 2.06. The molecular formula is C15H20FNO2. The molecule has 0 aliphatic carbocycles. The predicted octanol–water partition coefficient (Wildman–Crippen LogP) is 3.15. The van der Waals surface area contributed by atoms with E-state index in [0.717, 1.165) is 24.6 Å². The molecule has 0 amide bonds. The quantitative estimate of drug-likeness (QED) is 0.912. The maximum absolute atomic E-state index is 13.3. The third-order valence-electron chi connectivity index (χ3n) is 3.78. The minimum Gasteiger partial charge on any atom is -0.478 e. The number of carbonyl (C=O) groups is 1. The van der Waals surface area contributed by atoms with E-state index in [-0.39, 0.29) is 5.56 Å². The monoisotopic (exact) mass is 265 g/mol. The molecule has 0 spiro atoms. The van der Waals surface area contributed by atoms with E-state index >= 15 is 0 Å². The van der Waals surface area contributed by atoms with E-state index in [1.54, 1.807) is 6.07 Å². The standard InChI is InChI=1S/C15H20FNO2/c1-11-3-2-7-17(8-6-11)10-12-4-5-14(16)13(9-12)15(18)19/h4-5,9,11H,2-3,6-8,10H2,1H3,(H,18,19). The summed E-state index contributed by atoms with van der Waals surface area (Å²) in [4.78, 5) is 13.2. The minimum absolute atomic E-state index is 0.235. The van der Waals surface area contributed by atoms with Crippen molar-refractivity contribution in [1.82, 2.24) is 4.90 Å². The first-order valence-corrected chi connectivity index (χ1v) is 6.80. The number of benzene rings is 1. The van der Waals surface area contributed by atoms with Crippen LogP contribution in [0.1, 0.15) is 42.1 Å². The summed E-state index contributed by atoms with van der Waals surface area (Å²) in [6.45, 7) is 5.03. The predicted molar refractivity (Wildman–Crippen MR) is 71.7 cm³/mol. The molecule has 1 aromatic rings. The van der Waals surface area contributed by atoms with Crippen molar-refractivity contribution in [3.05, 3.63) is 35.1 Å². The highest BCUT2D eigenvalue weighted by molar-refractivity contribution is 5.88. The van der Waals surface area contributed by atoms with Crippen LogP contribution in [-0.4, -0.2) is 29.1 Å². The highest BCUT2D eigenvalue weighted by Gasteiger charge is 2.16. The molecule has 0 saturated carbocycles. The molecule has 1 fully saturated rings. The molecule has 1 saturated heterocycles. The number of hydrogen-bond donors (Lipinski definition) is 1. The maximum Gasteiger partial charge on any atom is 0.338 e. The zero-order valence-corrected chi connectivity index (χ0v) is 11.2. The number of aromatic carboxylic acids is 1. The molecule has 1 aliphatic heterocycles. The van der Waals surface area contributed by atoms with E-state index in [1.807, 2.05) is 0 Å². The molecule has 0 bridgehead atoms. The zero-order chi connectivity index (χ0) is 13.8. The van der Waals surface area contributed by atoms with E-state index in [4.69, 9.17) is 5.11 Å². The van der Waals surface area contributed by atoms with Crippen molar-refractivity contribution in [2.75, 3.05) is 13.1 Å². The van der Waals surface area contributed by atoms with Gasteiger partial charge in [0.15, 0.2) is 0 Å². The Morgan fingerprint density at radius 2 is 2.21 bits per heavy atom. The fourth-order valence-electron chi connectivity index (χ4n) is 2.57. The molecule has 1 atom stereocenters. The minimum atomic E-state index is -1.20. The average molecular weight is 265 g/mol. The van der Waals surface area contributed by atoms with Crippen LogP contribution in [0.2, 0.25) is 0 Å². The van der Waals surface area contributed by atoms with Gasteiger partial charge in [0, 0.05) is 6.54 Å². The fourth-order valence-corrected chi connectivity index (χ4v) is 2.57. The smallest absolute Gasteiger partial charge is 0.338 e. The van der Waals surface area contributed by atoms with Crippen LogP contribution in [0.3, 0.4) is 0 Å². The van der Waals surface area contributed by atoms with Crippen LogP contribution in [0.15, 0.2) is 18.2 Å². The number of nitrogens with zero attached hydrogens (tertiary/aromatic N) is 1. The van der Waals surface area contributed by atoms with Gasteiger partial charge in [-0.3, -0.25) is 4.90 Å². The molecule has 0 aromatic heterocycles. The summed E-state index contributed by atoms with van der Waals surface area (Å²) in [5, 5.41) is 8.92. The molecule has 3 nitrogen and oxygen atoms in total. The lowest BCUT2D eigenvalue weighted by Crippen LogP contribution is -2.24. The van der Waals surface area contributed by atoms with Crippen molar-refractivity contribution in [2.24, 2.45) is 5.92 Å². The van der Waals surface area contributed by atoms with Gasteiger partial charge in [0.25, 0.3) is 0 Å². The van der Waals surface area contributed by atoms with Crippen LogP contribution in [0.4, 0.5) is 4.39 Å². The summed E-state index contributed by atoms with van der Waals surface area (Å²) in [6, 6.07) is 4.38. The molecule has 19 heavy (non-hydrogen) atoms. The second kappa shape index (κ2) is 6.15. The normalized spacial score (nSPS) is 21.1. The van der Waals surface area contributed by atoms with Gasteiger partial charge in [-0.1, -0.05) is 13.0 Å². The molecule has 1 unspecified atom stereocenters. The Labute approximate surface area is 113 Å². The summed E-state index contributed by atoms with van der Waals surface area (Å²) in [5.74, 6) is -1.11. The van der Waals surface area contributed by atoms with Gasteiger partial charge in [-0.2, -0.15) is 0 Å². The molecule has 1 aromatic carbocycles. The number of hydrogen-bond acceptors (Lipinski definition) is 2. The summed E-state index contributed by atoms with van der Waals surface area (Å²) in [6.07, 6.45) is 3.60. The van der Waals surface area contributed by atoms with Crippen LogP contribution in [0.5, 0.6) is 0 Å². The first kappa shape index (κ1) is 14.0. The molecule has 104 valence electrons. The van der Waals surface area contributed by atoms with Gasteiger partial charge >= 0.3 is 5.97 Å². The van der Waals surface area contributed by atoms with Crippen molar-refractivity contribution in [2.45, 2.75) is 32.7 Å².